The molecule has 6 heteroatoms. The third-order valence-corrected chi connectivity index (χ3v) is 4.65. The number of aromatic nitrogens is 2. The van der Waals surface area contributed by atoms with E-state index < -0.39 is 0 Å². The van der Waals surface area contributed by atoms with Gasteiger partial charge in [0, 0.05) is 63.6 Å². The first-order chi connectivity index (χ1) is 10.0. The van der Waals surface area contributed by atoms with Crippen LogP contribution in [0.25, 0.3) is 0 Å². The van der Waals surface area contributed by atoms with Gasteiger partial charge in [-0.2, -0.15) is 5.10 Å². The van der Waals surface area contributed by atoms with Crippen LogP contribution in [0.3, 0.4) is 0 Å². The minimum atomic E-state index is 0. The smallest absolute Gasteiger partial charge is 0.0543 e. The minimum absolute atomic E-state index is 0. The van der Waals surface area contributed by atoms with Crippen molar-refractivity contribution in [2.45, 2.75) is 45.3 Å². The Morgan fingerprint density at radius 2 is 1.95 bits per heavy atom. The Hall–Kier alpha value is -0.620. The Kier molecular flexibility index (Phi) is 5.88. The number of piperazine rings is 1. The van der Waals surface area contributed by atoms with Crippen molar-refractivity contribution >= 4 is 12.4 Å². The van der Waals surface area contributed by atoms with Crippen LogP contribution >= 0.6 is 12.4 Å². The summed E-state index contributed by atoms with van der Waals surface area (Å²) >= 11 is 0. The zero-order valence-corrected chi connectivity index (χ0v) is 14.9. The minimum Gasteiger partial charge on any atom is -0.314 e. The van der Waals surface area contributed by atoms with Crippen LogP contribution in [-0.4, -0.2) is 64.9 Å². The first kappa shape index (κ1) is 17.7. The fourth-order valence-corrected chi connectivity index (χ4v) is 3.37. The van der Waals surface area contributed by atoms with E-state index in [1.165, 1.54) is 38.2 Å². The maximum atomic E-state index is 4.51. The number of halogens is 1. The zero-order chi connectivity index (χ0) is 14.9. The fourth-order valence-electron chi connectivity index (χ4n) is 3.37. The van der Waals surface area contributed by atoms with Crippen LogP contribution in [-0.2, 0) is 12.1 Å². The van der Waals surface area contributed by atoms with Crippen LogP contribution < -0.4 is 5.32 Å². The number of nitrogens with zero attached hydrogens (tertiary/aromatic N) is 4. The summed E-state index contributed by atoms with van der Waals surface area (Å²) in [4.78, 5) is 5.24. The van der Waals surface area contributed by atoms with Crippen LogP contribution in [0.1, 0.15) is 32.8 Å². The Bertz CT molecular complexity index is 461. The lowest BCUT2D eigenvalue weighted by Gasteiger charge is -2.32. The van der Waals surface area contributed by atoms with Gasteiger partial charge in [-0.05, 0) is 27.2 Å². The van der Waals surface area contributed by atoms with Crippen molar-refractivity contribution < 1.29 is 0 Å². The predicted molar refractivity (Wildman–Crippen MR) is 92.6 cm³/mol. The van der Waals surface area contributed by atoms with Gasteiger partial charge in [0.05, 0.1) is 11.7 Å². The maximum Gasteiger partial charge on any atom is 0.0543 e. The first-order valence-corrected chi connectivity index (χ1v) is 8.23. The van der Waals surface area contributed by atoms with Crippen molar-refractivity contribution in [3.05, 3.63) is 18.0 Å². The molecule has 1 aromatic heterocycles. The molecule has 22 heavy (non-hydrogen) atoms. The van der Waals surface area contributed by atoms with Crippen molar-refractivity contribution in [1.82, 2.24) is 24.9 Å². The summed E-state index contributed by atoms with van der Waals surface area (Å²) in [6.45, 7) is 14.8. The lowest BCUT2D eigenvalue weighted by Crippen LogP contribution is -2.49. The molecule has 3 rings (SSSR count). The van der Waals surface area contributed by atoms with Crippen LogP contribution in [0, 0.1) is 0 Å². The summed E-state index contributed by atoms with van der Waals surface area (Å²) in [5.74, 6) is 0. The summed E-state index contributed by atoms with van der Waals surface area (Å²) in [5.41, 5.74) is 1.41. The zero-order valence-electron chi connectivity index (χ0n) is 14.1. The van der Waals surface area contributed by atoms with Crippen LogP contribution in [0.2, 0.25) is 0 Å². The highest BCUT2D eigenvalue weighted by Crippen LogP contribution is 2.19. The molecule has 0 amide bonds. The molecule has 2 aliphatic heterocycles. The Morgan fingerprint density at radius 1 is 1.23 bits per heavy atom. The van der Waals surface area contributed by atoms with Crippen molar-refractivity contribution in [3.8, 4) is 0 Å². The van der Waals surface area contributed by atoms with Crippen molar-refractivity contribution in [1.29, 1.82) is 0 Å². The molecule has 0 bridgehead atoms. The van der Waals surface area contributed by atoms with E-state index in [9.17, 15) is 0 Å². The molecule has 1 atom stereocenters. The van der Waals surface area contributed by atoms with Gasteiger partial charge >= 0.3 is 0 Å². The molecule has 1 aromatic rings. The fraction of sp³-hybridized carbons (Fsp3) is 0.812. The molecule has 0 aliphatic carbocycles. The number of nitrogens with one attached hydrogen (secondary N) is 1. The highest BCUT2D eigenvalue weighted by atomic mass is 35.5. The second kappa shape index (κ2) is 7.30. The summed E-state index contributed by atoms with van der Waals surface area (Å²) in [6.07, 6.45) is 5.55. The summed E-state index contributed by atoms with van der Waals surface area (Å²) in [7, 11) is 0. The Labute approximate surface area is 140 Å². The van der Waals surface area contributed by atoms with Gasteiger partial charge in [0.25, 0.3) is 0 Å². The van der Waals surface area contributed by atoms with E-state index in [-0.39, 0.29) is 17.9 Å². The number of hydrogen-bond donors (Lipinski definition) is 1. The van der Waals surface area contributed by atoms with Gasteiger partial charge in [-0.1, -0.05) is 0 Å². The molecule has 0 radical (unpaired) electrons. The molecular weight excluding hydrogens is 298 g/mol. The summed E-state index contributed by atoms with van der Waals surface area (Å²) in [5, 5.41) is 7.95. The van der Waals surface area contributed by atoms with Crippen molar-refractivity contribution in [2.75, 3.05) is 39.3 Å². The molecule has 3 heterocycles. The van der Waals surface area contributed by atoms with E-state index in [1.807, 2.05) is 6.20 Å². The molecule has 1 N–H and O–H groups in total. The highest BCUT2D eigenvalue weighted by Gasteiger charge is 2.28. The van der Waals surface area contributed by atoms with Gasteiger partial charge in [-0.25, -0.2) is 0 Å². The SMILES string of the molecule is CC(C)(C)n1cc(CN2CCC(N3CCNCC3)C2)cn1.Cl. The molecule has 0 saturated carbocycles. The average molecular weight is 328 g/mol. The lowest BCUT2D eigenvalue weighted by atomic mass is 10.1. The molecule has 2 aliphatic rings. The molecule has 2 saturated heterocycles. The van der Waals surface area contributed by atoms with E-state index in [2.05, 4.69) is 51.9 Å². The van der Waals surface area contributed by atoms with Gasteiger partial charge in [-0.15, -0.1) is 12.4 Å². The van der Waals surface area contributed by atoms with E-state index in [0.29, 0.717) is 0 Å². The molecular formula is C16H30ClN5. The highest BCUT2D eigenvalue weighted by molar-refractivity contribution is 5.85. The number of likely N-dealkylation sites (tertiary alicyclic amines) is 1. The lowest BCUT2D eigenvalue weighted by molar-refractivity contribution is 0.170. The molecule has 1 unspecified atom stereocenters. The second-order valence-corrected chi connectivity index (χ2v) is 7.43. The van der Waals surface area contributed by atoms with Gasteiger partial charge in [0.2, 0.25) is 0 Å². The largest absolute Gasteiger partial charge is 0.314 e. The monoisotopic (exact) mass is 327 g/mol. The topological polar surface area (TPSA) is 36.3 Å². The average Bonchev–Trinajstić information content (AvgIpc) is 3.09. The Morgan fingerprint density at radius 3 is 2.59 bits per heavy atom. The van der Waals surface area contributed by atoms with Gasteiger partial charge in [-0.3, -0.25) is 14.5 Å². The number of rotatable bonds is 3. The maximum absolute atomic E-state index is 4.51. The van der Waals surface area contributed by atoms with Crippen LogP contribution in [0.5, 0.6) is 0 Å². The molecule has 126 valence electrons. The van der Waals surface area contributed by atoms with Gasteiger partial charge in [0.1, 0.15) is 0 Å². The van der Waals surface area contributed by atoms with Crippen molar-refractivity contribution in [2.24, 2.45) is 0 Å². The third-order valence-electron chi connectivity index (χ3n) is 4.65. The van der Waals surface area contributed by atoms with E-state index in [4.69, 9.17) is 0 Å². The second-order valence-electron chi connectivity index (χ2n) is 7.43. The molecule has 5 nitrogen and oxygen atoms in total. The van der Waals surface area contributed by atoms with Crippen LogP contribution in [0.4, 0.5) is 0 Å². The van der Waals surface area contributed by atoms with E-state index in [1.54, 1.807) is 0 Å². The number of hydrogen-bond acceptors (Lipinski definition) is 4. The summed E-state index contributed by atoms with van der Waals surface area (Å²) in [6, 6.07) is 0.754. The first-order valence-electron chi connectivity index (χ1n) is 8.23. The predicted octanol–water partition coefficient (Wildman–Crippen LogP) is 1.54. The van der Waals surface area contributed by atoms with Crippen molar-refractivity contribution in [3.63, 3.8) is 0 Å². The third kappa shape index (κ3) is 4.22. The van der Waals surface area contributed by atoms with Gasteiger partial charge < -0.3 is 5.32 Å². The van der Waals surface area contributed by atoms with Gasteiger partial charge in [0.15, 0.2) is 0 Å². The van der Waals surface area contributed by atoms with E-state index >= 15 is 0 Å². The normalized spacial score (nSPS) is 24.4. The molecule has 0 aromatic carbocycles. The molecule has 0 spiro atoms. The standard InChI is InChI=1S/C16H29N5.ClH/c1-16(2,3)21-12-14(10-18-21)11-19-7-4-15(13-19)20-8-5-17-6-9-20;/h10,12,15,17H,4-9,11,13H2,1-3H3;1H. The van der Waals surface area contributed by atoms with E-state index in [0.717, 1.165) is 25.7 Å². The Balaban J connectivity index is 0.00000176. The molecule has 2 fully saturated rings. The summed E-state index contributed by atoms with van der Waals surface area (Å²) < 4.78 is 2.08. The van der Waals surface area contributed by atoms with Crippen LogP contribution in [0.15, 0.2) is 12.4 Å². The quantitative estimate of drug-likeness (QED) is 0.913.